The molecule has 11 heteroatoms. The van der Waals surface area contributed by atoms with E-state index >= 15 is 0 Å². The number of aromatic nitrogens is 2. The minimum Gasteiger partial charge on any atom is -0.410 e. The number of nitrogens with one attached hydrogen (secondary N) is 1. The average Bonchev–Trinajstić information content (AvgIpc) is 3.15. The normalized spacial score (nSPS) is 10.6. The zero-order chi connectivity index (χ0) is 22.0. The van der Waals surface area contributed by atoms with Crippen molar-refractivity contribution in [3.63, 3.8) is 0 Å². The summed E-state index contributed by atoms with van der Waals surface area (Å²) >= 11 is 1.16. The summed E-state index contributed by atoms with van der Waals surface area (Å²) in [6.45, 7) is 0. The summed E-state index contributed by atoms with van der Waals surface area (Å²) in [5.41, 5.74) is 1.25. The molecular formula is C20H14FN5O4S. The molecule has 0 aliphatic rings. The second kappa shape index (κ2) is 8.32. The fraction of sp³-hybridized carbons (Fsp3) is 0.0500. The van der Waals surface area contributed by atoms with Gasteiger partial charge in [0.1, 0.15) is 27.7 Å². The molecule has 31 heavy (non-hydrogen) atoms. The van der Waals surface area contributed by atoms with Gasteiger partial charge in [0, 0.05) is 24.9 Å². The number of benzene rings is 2. The molecular weight excluding hydrogens is 425 g/mol. The summed E-state index contributed by atoms with van der Waals surface area (Å²) < 4.78 is 18.3. The molecule has 2 aromatic heterocycles. The van der Waals surface area contributed by atoms with Gasteiger partial charge in [-0.1, -0.05) is 11.3 Å². The molecule has 1 amide bonds. The Morgan fingerprint density at radius 2 is 1.81 bits per heavy atom. The number of fused-ring (bicyclic) bond motifs is 1. The first-order valence-electron chi connectivity index (χ1n) is 8.89. The highest BCUT2D eigenvalue weighted by molar-refractivity contribution is 7.21. The first kappa shape index (κ1) is 20.2. The molecule has 0 unspecified atom stereocenters. The van der Waals surface area contributed by atoms with Crippen LogP contribution in [0.25, 0.3) is 10.3 Å². The van der Waals surface area contributed by atoms with Crippen molar-refractivity contribution in [3.8, 4) is 5.75 Å². The maximum absolute atomic E-state index is 13.1. The molecule has 9 nitrogen and oxygen atoms in total. The zero-order valence-electron chi connectivity index (χ0n) is 16.0. The van der Waals surface area contributed by atoms with Crippen molar-refractivity contribution in [1.29, 1.82) is 0 Å². The Labute approximate surface area is 178 Å². The third-order valence-corrected chi connectivity index (χ3v) is 5.15. The quantitative estimate of drug-likeness (QED) is 0.339. The van der Waals surface area contributed by atoms with Crippen molar-refractivity contribution in [1.82, 2.24) is 9.97 Å². The van der Waals surface area contributed by atoms with Crippen molar-refractivity contribution < 1.29 is 18.8 Å². The SMILES string of the molecule is CN(c1ccc(F)cc1)c1ccc2nc(NC(=O)Oc3ccc([N+](=O)[O-])cc3)sc2n1. The van der Waals surface area contributed by atoms with Gasteiger partial charge in [0.2, 0.25) is 0 Å². The molecule has 0 saturated carbocycles. The van der Waals surface area contributed by atoms with Gasteiger partial charge in [0.05, 0.1) is 4.92 Å². The van der Waals surface area contributed by atoms with E-state index in [4.69, 9.17) is 4.74 Å². The largest absolute Gasteiger partial charge is 0.418 e. The van der Waals surface area contributed by atoms with Crippen LogP contribution in [0.3, 0.4) is 0 Å². The van der Waals surface area contributed by atoms with E-state index in [0.717, 1.165) is 17.0 Å². The second-order valence-electron chi connectivity index (χ2n) is 6.31. The third-order valence-electron chi connectivity index (χ3n) is 4.27. The third kappa shape index (κ3) is 4.56. The van der Waals surface area contributed by atoms with E-state index in [1.54, 1.807) is 29.2 Å². The first-order valence-corrected chi connectivity index (χ1v) is 9.71. The van der Waals surface area contributed by atoms with Gasteiger partial charge in [0.15, 0.2) is 5.13 Å². The van der Waals surface area contributed by atoms with Crippen molar-refractivity contribution in [2.24, 2.45) is 0 Å². The van der Waals surface area contributed by atoms with Crippen molar-refractivity contribution in [3.05, 3.63) is 76.6 Å². The number of nitro groups is 1. The molecule has 0 aliphatic carbocycles. The van der Waals surface area contributed by atoms with Crippen LogP contribution in [0.2, 0.25) is 0 Å². The Morgan fingerprint density at radius 3 is 2.48 bits per heavy atom. The molecule has 4 aromatic rings. The Bertz CT molecular complexity index is 1260. The number of carbonyl (C=O) groups is 1. The number of hydrogen-bond acceptors (Lipinski definition) is 8. The molecule has 0 aliphatic heterocycles. The molecule has 156 valence electrons. The minimum atomic E-state index is -0.781. The highest BCUT2D eigenvalue weighted by atomic mass is 32.1. The van der Waals surface area contributed by atoms with Crippen LogP contribution in [0.15, 0.2) is 60.7 Å². The number of ether oxygens (including phenoxy) is 1. The number of nitro benzene ring substituents is 1. The lowest BCUT2D eigenvalue weighted by Crippen LogP contribution is -2.16. The number of non-ortho nitro benzene ring substituents is 1. The van der Waals surface area contributed by atoms with Crippen LogP contribution in [0.5, 0.6) is 5.75 Å². The minimum absolute atomic E-state index is 0.105. The van der Waals surface area contributed by atoms with Crippen LogP contribution in [-0.4, -0.2) is 28.0 Å². The zero-order valence-corrected chi connectivity index (χ0v) is 16.8. The van der Waals surface area contributed by atoms with Crippen LogP contribution >= 0.6 is 11.3 Å². The van der Waals surface area contributed by atoms with Gasteiger partial charge in [-0.25, -0.2) is 19.2 Å². The molecule has 2 heterocycles. The lowest BCUT2D eigenvalue weighted by Gasteiger charge is -2.17. The van der Waals surface area contributed by atoms with Crippen molar-refractivity contribution in [2.75, 3.05) is 17.3 Å². The standard InChI is InChI=1S/C20H14FN5O4S/c1-25(13-4-2-12(21)3-5-13)17-11-10-16-18(23-17)31-19(22-16)24-20(27)30-15-8-6-14(7-9-15)26(28)29/h2-11H,1H3,(H,22,24,27). The van der Waals surface area contributed by atoms with Crippen LogP contribution < -0.4 is 15.0 Å². The summed E-state index contributed by atoms with van der Waals surface area (Å²) in [6.07, 6.45) is -0.781. The number of pyridine rings is 1. The van der Waals surface area contributed by atoms with Gasteiger partial charge < -0.3 is 9.64 Å². The molecule has 0 spiro atoms. The maximum atomic E-state index is 13.1. The monoisotopic (exact) mass is 439 g/mol. The van der Waals surface area contributed by atoms with Gasteiger partial charge in [-0.3, -0.25) is 15.4 Å². The Hall–Kier alpha value is -4.12. The summed E-state index contributed by atoms with van der Waals surface area (Å²) in [5.74, 6) is 0.465. The lowest BCUT2D eigenvalue weighted by atomic mass is 10.3. The van der Waals surface area contributed by atoms with Gasteiger partial charge in [-0.05, 0) is 48.5 Å². The second-order valence-corrected chi connectivity index (χ2v) is 7.29. The number of nitrogens with zero attached hydrogens (tertiary/aromatic N) is 4. The molecule has 0 saturated heterocycles. The van der Waals surface area contributed by atoms with E-state index in [2.05, 4.69) is 15.3 Å². The molecule has 0 fully saturated rings. The van der Waals surface area contributed by atoms with E-state index < -0.39 is 11.0 Å². The number of rotatable bonds is 5. The molecule has 1 N–H and O–H groups in total. The summed E-state index contributed by atoms with van der Waals surface area (Å²) in [5, 5.41) is 13.5. The Morgan fingerprint density at radius 1 is 1.10 bits per heavy atom. The summed E-state index contributed by atoms with van der Waals surface area (Å²) in [6, 6.07) is 14.7. The van der Waals surface area contributed by atoms with E-state index in [9.17, 15) is 19.3 Å². The number of amides is 1. The Kier molecular flexibility index (Phi) is 5.41. The number of hydrogen-bond donors (Lipinski definition) is 1. The molecule has 0 bridgehead atoms. The molecule has 4 rings (SSSR count). The lowest BCUT2D eigenvalue weighted by molar-refractivity contribution is -0.384. The van der Waals surface area contributed by atoms with Crippen molar-refractivity contribution in [2.45, 2.75) is 0 Å². The highest BCUT2D eigenvalue weighted by Crippen LogP contribution is 2.29. The number of halogens is 1. The fourth-order valence-electron chi connectivity index (χ4n) is 2.70. The van der Waals surface area contributed by atoms with Gasteiger partial charge in [0.25, 0.3) is 5.69 Å². The van der Waals surface area contributed by atoms with Gasteiger partial charge in [-0.15, -0.1) is 0 Å². The topological polar surface area (TPSA) is 110 Å². The van der Waals surface area contributed by atoms with E-state index in [1.807, 2.05) is 7.05 Å². The van der Waals surface area contributed by atoms with Crippen LogP contribution in [0.1, 0.15) is 0 Å². The van der Waals surface area contributed by atoms with Crippen LogP contribution in [0, 0.1) is 15.9 Å². The smallest absolute Gasteiger partial charge is 0.410 e. The maximum Gasteiger partial charge on any atom is 0.418 e. The fourth-order valence-corrected chi connectivity index (χ4v) is 3.52. The highest BCUT2D eigenvalue weighted by Gasteiger charge is 2.13. The number of thiazole rings is 1. The van der Waals surface area contributed by atoms with Crippen LogP contribution in [0.4, 0.5) is 31.5 Å². The van der Waals surface area contributed by atoms with E-state index in [-0.39, 0.29) is 22.4 Å². The van der Waals surface area contributed by atoms with Crippen molar-refractivity contribution >= 4 is 50.1 Å². The number of carbonyl (C=O) groups excluding carboxylic acids is 1. The number of anilines is 3. The average molecular weight is 439 g/mol. The molecule has 2 aromatic carbocycles. The molecule has 0 atom stereocenters. The van der Waals surface area contributed by atoms with Gasteiger partial charge in [-0.2, -0.15) is 0 Å². The first-order chi connectivity index (χ1) is 14.9. The molecule has 0 radical (unpaired) electrons. The van der Waals surface area contributed by atoms with Crippen LogP contribution in [-0.2, 0) is 0 Å². The summed E-state index contributed by atoms with van der Waals surface area (Å²) in [4.78, 5) is 33.5. The van der Waals surface area contributed by atoms with E-state index in [0.29, 0.717) is 16.2 Å². The predicted molar refractivity (Wildman–Crippen MR) is 115 cm³/mol. The van der Waals surface area contributed by atoms with E-state index in [1.165, 1.54) is 36.4 Å². The van der Waals surface area contributed by atoms with Gasteiger partial charge >= 0.3 is 6.09 Å². The Balaban J connectivity index is 1.47. The summed E-state index contributed by atoms with van der Waals surface area (Å²) in [7, 11) is 1.81. The predicted octanol–water partition coefficient (Wildman–Crippen LogP) is 5.12.